The third-order valence-corrected chi connectivity index (χ3v) is 2.31. The van der Waals surface area contributed by atoms with Gasteiger partial charge in [-0.1, -0.05) is 38.1 Å². The molecule has 2 N–H and O–H groups in total. The second-order valence-electron chi connectivity index (χ2n) is 4.00. The Morgan fingerprint density at radius 1 is 1.27 bits per heavy atom. The van der Waals surface area contributed by atoms with E-state index in [1.807, 2.05) is 13.8 Å². The van der Waals surface area contributed by atoms with Crippen LogP contribution in [0.1, 0.15) is 31.1 Å². The Balaban J connectivity index is 2.76. The molecule has 0 aromatic heterocycles. The van der Waals surface area contributed by atoms with Crippen molar-refractivity contribution in [1.82, 2.24) is 0 Å². The van der Waals surface area contributed by atoms with Gasteiger partial charge in [-0.25, -0.2) is 0 Å². The van der Waals surface area contributed by atoms with Crippen LogP contribution in [0.3, 0.4) is 0 Å². The number of rotatable bonds is 4. The van der Waals surface area contributed by atoms with Gasteiger partial charge in [0.15, 0.2) is 0 Å². The summed E-state index contributed by atoms with van der Waals surface area (Å²) in [5, 5.41) is 18.3. The van der Waals surface area contributed by atoms with E-state index in [0.717, 1.165) is 11.1 Å². The van der Waals surface area contributed by atoms with E-state index in [9.17, 15) is 9.90 Å². The minimum Gasteiger partial charge on any atom is -0.481 e. The maximum Gasteiger partial charge on any atom is 0.307 e. The average Bonchev–Trinajstić information content (AvgIpc) is 2.17. The van der Waals surface area contributed by atoms with Gasteiger partial charge in [-0.3, -0.25) is 4.79 Å². The molecule has 1 rings (SSSR count). The molecule has 82 valence electrons. The van der Waals surface area contributed by atoms with Gasteiger partial charge in [-0.05, 0) is 17.0 Å². The molecule has 0 aliphatic rings. The lowest BCUT2D eigenvalue weighted by Crippen LogP contribution is -2.06. The molecular weight excluding hydrogens is 192 g/mol. The van der Waals surface area contributed by atoms with Crippen molar-refractivity contribution >= 4 is 5.97 Å². The molecule has 0 radical (unpaired) electrons. The summed E-state index contributed by atoms with van der Waals surface area (Å²) in [6.45, 7) is 3.88. The first kappa shape index (κ1) is 11.7. The second kappa shape index (κ2) is 4.94. The first-order chi connectivity index (χ1) is 7.00. The quantitative estimate of drug-likeness (QED) is 0.795. The number of hydrogen-bond donors (Lipinski definition) is 2. The summed E-state index contributed by atoms with van der Waals surface area (Å²) in [6.07, 6.45) is -0.457. The summed E-state index contributed by atoms with van der Waals surface area (Å²) in [5.74, 6) is -0.678. The zero-order valence-corrected chi connectivity index (χ0v) is 8.97. The van der Waals surface area contributed by atoms with Crippen LogP contribution in [0, 0.1) is 5.92 Å². The van der Waals surface area contributed by atoms with Crippen LogP contribution in [0.5, 0.6) is 0 Å². The third-order valence-electron chi connectivity index (χ3n) is 2.31. The first-order valence-corrected chi connectivity index (χ1v) is 4.99. The average molecular weight is 208 g/mol. The fourth-order valence-corrected chi connectivity index (χ4v) is 1.39. The van der Waals surface area contributed by atoms with Crippen LogP contribution in [0.25, 0.3) is 0 Å². The molecule has 0 fully saturated rings. The number of aliphatic carboxylic acids is 1. The highest BCUT2D eigenvalue weighted by Crippen LogP contribution is 2.21. The molecule has 0 amide bonds. The SMILES string of the molecule is CC(C)[C@@H](O)c1ccc(CC(=O)O)cc1. The molecule has 1 atom stereocenters. The van der Waals surface area contributed by atoms with Crippen molar-refractivity contribution in [2.45, 2.75) is 26.4 Å². The van der Waals surface area contributed by atoms with Crippen LogP contribution in [-0.2, 0) is 11.2 Å². The first-order valence-electron chi connectivity index (χ1n) is 4.99. The zero-order chi connectivity index (χ0) is 11.4. The molecule has 1 aromatic carbocycles. The Labute approximate surface area is 89.4 Å². The minimum absolute atomic E-state index is 0.0258. The fraction of sp³-hybridized carbons (Fsp3) is 0.417. The Morgan fingerprint density at radius 3 is 2.20 bits per heavy atom. The predicted molar refractivity (Wildman–Crippen MR) is 57.6 cm³/mol. The van der Waals surface area contributed by atoms with Crippen molar-refractivity contribution in [3.63, 3.8) is 0 Å². The van der Waals surface area contributed by atoms with E-state index in [1.165, 1.54) is 0 Å². The lowest BCUT2D eigenvalue weighted by molar-refractivity contribution is -0.136. The van der Waals surface area contributed by atoms with Crippen LogP contribution in [0.15, 0.2) is 24.3 Å². The zero-order valence-electron chi connectivity index (χ0n) is 8.97. The van der Waals surface area contributed by atoms with Gasteiger partial charge in [0.1, 0.15) is 0 Å². The molecule has 3 nitrogen and oxygen atoms in total. The number of aliphatic hydroxyl groups is 1. The molecule has 0 saturated carbocycles. The van der Waals surface area contributed by atoms with Crippen molar-refractivity contribution < 1.29 is 15.0 Å². The van der Waals surface area contributed by atoms with Gasteiger partial charge in [-0.15, -0.1) is 0 Å². The van der Waals surface area contributed by atoms with E-state index in [2.05, 4.69) is 0 Å². The Hall–Kier alpha value is -1.35. The van der Waals surface area contributed by atoms with Crippen LogP contribution in [-0.4, -0.2) is 16.2 Å². The maximum atomic E-state index is 10.4. The van der Waals surface area contributed by atoms with Gasteiger partial charge in [0.05, 0.1) is 12.5 Å². The second-order valence-corrected chi connectivity index (χ2v) is 4.00. The highest BCUT2D eigenvalue weighted by atomic mass is 16.4. The molecule has 0 aliphatic heterocycles. The van der Waals surface area contributed by atoms with E-state index in [-0.39, 0.29) is 12.3 Å². The van der Waals surface area contributed by atoms with Gasteiger partial charge in [-0.2, -0.15) is 0 Å². The summed E-state index contributed by atoms with van der Waals surface area (Å²) in [4.78, 5) is 10.4. The van der Waals surface area contributed by atoms with Crippen molar-refractivity contribution in [1.29, 1.82) is 0 Å². The van der Waals surface area contributed by atoms with Crippen LogP contribution in [0.4, 0.5) is 0 Å². The molecule has 0 bridgehead atoms. The van der Waals surface area contributed by atoms with Gasteiger partial charge in [0, 0.05) is 0 Å². The summed E-state index contributed by atoms with van der Waals surface area (Å²) in [6, 6.07) is 7.05. The Bertz CT molecular complexity index is 327. The highest BCUT2D eigenvalue weighted by Gasteiger charge is 2.11. The monoisotopic (exact) mass is 208 g/mol. The van der Waals surface area contributed by atoms with Gasteiger partial charge >= 0.3 is 5.97 Å². The van der Waals surface area contributed by atoms with E-state index in [0.29, 0.717) is 0 Å². The third kappa shape index (κ3) is 3.36. The number of hydrogen-bond acceptors (Lipinski definition) is 2. The minimum atomic E-state index is -0.841. The molecule has 0 spiro atoms. The largest absolute Gasteiger partial charge is 0.481 e. The predicted octanol–water partition coefficient (Wildman–Crippen LogP) is 2.00. The number of carboxylic acid groups (broad SMARTS) is 1. The summed E-state index contributed by atoms with van der Waals surface area (Å²) in [5.41, 5.74) is 1.58. The smallest absolute Gasteiger partial charge is 0.307 e. The fourth-order valence-electron chi connectivity index (χ4n) is 1.39. The van der Waals surface area contributed by atoms with Crippen LogP contribution in [0.2, 0.25) is 0 Å². The van der Waals surface area contributed by atoms with Gasteiger partial charge in [0.25, 0.3) is 0 Å². The van der Waals surface area contributed by atoms with Crippen molar-refractivity contribution in [3.05, 3.63) is 35.4 Å². The summed E-state index contributed by atoms with van der Waals surface area (Å²) < 4.78 is 0. The summed E-state index contributed by atoms with van der Waals surface area (Å²) in [7, 11) is 0. The van der Waals surface area contributed by atoms with E-state index in [1.54, 1.807) is 24.3 Å². The van der Waals surface area contributed by atoms with Crippen molar-refractivity contribution in [2.75, 3.05) is 0 Å². The molecule has 1 aromatic rings. The molecule has 15 heavy (non-hydrogen) atoms. The number of carbonyl (C=O) groups is 1. The molecule has 0 aliphatic carbocycles. The topological polar surface area (TPSA) is 57.5 Å². The Kier molecular flexibility index (Phi) is 3.86. The summed E-state index contributed by atoms with van der Waals surface area (Å²) >= 11 is 0. The van der Waals surface area contributed by atoms with Gasteiger partial charge in [0.2, 0.25) is 0 Å². The van der Waals surface area contributed by atoms with Crippen molar-refractivity contribution in [3.8, 4) is 0 Å². The Morgan fingerprint density at radius 2 is 1.80 bits per heavy atom. The van der Waals surface area contributed by atoms with E-state index in [4.69, 9.17) is 5.11 Å². The lowest BCUT2D eigenvalue weighted by Gasteiger charge is -2.14. The molecule has 0 unspecified atom stereocenters. The normalized spacial score (nSPS) is 12.8. The molecule has 0 saturated heterocycles. The lowest BCUT2D eigenvalue weighted by atomic mass is 9.98. The van der Waals surface area contributed by atoms with Crippen LogP contribution >= 0.6 is 0 Å². The number of benzene rings is 1. The number of carboxylic acids is 1. The maximum absolute atomic E-state index is 10.4. The molecular formula is C12H16O3. The van der Waals surface area contributed by atoms with Gasteiger partial charge < -0.3 is 10.2 Å². The van der Waals surface area contributed by atoms with Crippen LogP contribution < -0.4 is 0 Å². The molecule has 3 heteroatoms. The van der Waals surface area contributed by atoms with E-state index >= 15 is 0 Å². The number of aliphatic hydroxyl groups excluding tert-OH is 1. The molecule has 0 heterocycles. The standard InChI is InChI=1S/C12H16O3/c1-8(2)12(15)10-5-3-9(4-6-10)7-11(13)14/h3-6,8,12,15H,7H2,1-2H3,(H,13,14)/t12-/m1/s1. The van der Waals surface area contributed by atoms with Crippen molar-refractivity contribution in [2.24, 2.45) is 5.92 Å². The van der Waals surface area contributed by atoms with E-state index < -0.39 is 12.1 Å². The highest BCUT2D eigenvalue weighted by molar-refractivity contribution is 5.70.